The number of ketones is 1. The van der Waals surface area contributed by atoms with Gasteiger partial charge in [-0.2, -0.15) is 0 Å². The minimum Gasteiger partial charge on any atom is -0.468 e. The molecule has 0 fully saturated rings. The topological polar surface area (TPSA) is 98.9 Å². The van der Waals surface area contributed by atoms with Gasteiger partial charge in [-0.15, -0.1) is 0 Å². The number of hydrogen-bond acceptors (Lipinski definition) is 7. The highest BCUT2D eigenvalue weighted by Crippen LogP contribution is 2.51. The first-order valence-electron chi connectivity index (χ1n) is 12.5. The third-order valence-electron chi connectivity index (χ3n) is 7.34. The van der Waals surface area contributed by atoms with Crippen molar-refractivity contribution >= 4 is 23.4 Å². The van der Waals surface area contributed by atoms with E-state index in [9.17, 15) is 18.8 Å². The highest BCUT2D eigenvalue weighted by molar-refractivity contribution is 6.14. The van der Waals surface area contributed by atoms with Crippen LogP contribution in [0.5, 0.6) is 0 Å². The molecule has 0 aromatic heterocycles. The molecule has 39 heavy (non-hydrogen) atoms. The number of allylic oxidation sites excluding steroid dienone is 2. The number of esters is 2. The van der Waals surface area contributed by atoms with Gasteiger partial charge in [-0.05, 0) is 41.8 Å². The molecular formula is C31H27FN2O5. The number of Topliss-reactive ketones (excluding diaryl/α,β-unsaturated/α-hetero) is 1. The van der Waals surface area contributed by atoms with Gasteiger partial charge in [-0.1, -0.05) is 60.7 Å². The maximum atomic E-state index is 14.5. The Morgan fingerprint density at radius 2 is 1.49 bits per heavy atom. The molecule has 1 heterocycles. The van der Waals surface area contributed by atoms with Crippen molar-refractivity contribution in [3.63, 3.8) is 0 Å². The standard InChI is InChI=1S/C31H27FN2O5/c1-38-30(36)25-22(18-9-5-3-6-10-18)17-23-26(28(25)35)24(19-13-15-20(32)16-14-19)27(31(37)39-2)29(33)34(23)21-11-7-4-8-12-21/h3-16,22,24-25H,17,33H2,1-2H3/t22-,24-,25+/m0/s1. The van der Waals surface area contributed by atoms with Crippen molar-refractivity contribution in [1.29, 1.82) is 0 Å². The number of methoxy groups -OCH3 is 2. The minimum atomic E-state index is -1.16. The smallest absolute Gasteiger partial charge is 0.338 e. The maximum Gasteiger partial charge on any atom is 0.338 e. The van der Waals surface area contributed by atoms with Crippen LogP contribution in [0.1, 0.15) is 29.4 Å². The van der Waals surface area contributed by atoms with Crippen LogP contribution in [0.25, 0.3) is 0 Å². The summed E-state index contributed by atoms with van der Waals surface area (Å²) in [4.78, 5) is 42.6. The Bertz CT molecular complexity index is 1480. The summed E-state index contributed by atoms with van der Waals surface area (Å²) in [7, 11) is 2.47. The lowest BCUT2D eigenvalue weighted by Crippen LogP contribution is -2.46. The first-order chi connectivity index (χ1) is 18.9. The zero-order valence-corrected chi connectivity index (χ0v) is 21.5. The molecule has 3 aromatic rings. The monoisotopic (exact) mass is 526 g/mol. The van der Waals surface area contributed by atoms with Crippen LogP contribution < -0.4 is 10.6 Å². The van der Waals surface area contributed by atoms with E-state index in [-0.39, 0.29) is 23.4 Å². The van der Waals surface area contributed by atoms with Gasteiger partial charge in [0, 0.05) is 22.9 Å². The van der Waals surface area contributed by atoms with Gasteiger partial charge in [0.1, 0.15) is 17.6 Å². The third-order valence-corrected chi connectivity index (χ3v) is 7.34. The molecular weight excluding hydrogens is 499 g/mol. The second-order valence-electron chi connectivity index (χ2n) is 9.39. The van der Waals surface area contributed by atoms with Crippen molar-refractivity contribution in [2.75, 3.05) is 19.1 Å². The molecule has 0 saturated heterocycles. The second kappa shape index (κ2) is 10.6. The van der Waals surface area contributed by atoms with Crippen molar-refractivity contribution in [3.8, 4) is 0 Å². The average Bonchev–Trinajstić information content (AvgIpc) is 2.97. The molecule has 198 valence electrons. The molecule has 2 N–H and O–H groups in total. The normalized spacial score (nSPS) is 20.9. The lowest BCUT2D eigenvalue weighted by atomic mass is 9.67. The molecule has 7 nitrogen and oxygen atoms in total. The molecule has 0 bridgehead atoms. The van der Waals surface area contributed by atoms with E-state index < -0.39 is 41.3 Å². The van der Waals surface area contributed by atoms with Crippen molar-refractivity contribution in [3.05, 3.63) is 125 Å². The number of para-hydroxylation sites is 1. The number of carbonyl (C=O) groups excluding carboxylic acids is 3. The van der Waals surface area contributed by atoms with E-state index in [1.807, 2.05) is 60.7 Å². The zero-order valence-electron chi connectivity index (χ0n) is 21.5. The molecule has 1 aliphatic heterocycles. The van der Waals surface area contributed by atoms with Crippen molar-refractivity contribution in [2.24, 2.45) is 11.7 Å². The predicted octanol–water partition coefficient (Wildman–Crippen LogP) is 4.57. The molecule has 0 spiro atoms. The number of hydrogen-bond donors (Lipinski definition) is 1. The second-order valence-corrected chi connectivity index (χ2v) is 9.39. The molecule has 0 unspecified atom stereocenters. The largest absolute Gasteiger partial charge is 0.468 e. The maximum absolute atomic E-state index is 14.5. The highest BCUT2D eigenvalue weighted by atomic mass is 19.1. The van der Waals surface area contributed by atoms with E-state index in [1.54, 1.807) is 4.90 Å². The summed E-state index contributed by atoms with van der Waals surface area (Å²) in [5.41, 5.74) is 9.45. The average molecular weight is 527 g/mol. The SMILES string of the molecule is COC(=O)C1=C(N)N(c2ccccc2)C2=C(C(=O)[C@H](C(=O)OC)[C@H](c3ccccc3)C2)[C@@H]1c1ccc(F)cc1. The van der Waals surface area contributed by atoms with Crippen molar-refractivity contribution in [1.82, 2.24) is 0 Å². The van der Waals surface area contributed by atoms with Crippen LogP contribution in [-0.4, -0.2) is 31.9 Å². The Hall–Kier alpha value is -4.72. The van der Waals surface area contributed by atoms with Gasteiger partial charge in [-0.3, -0.25) is 14.5 Å². The van der Waals surface area contributed by atoms with Crippen LogP contribution in [0.2, 0.25) is 0 Å². The van der Waals surface area contributed by atoms with E-state index in [2.05, 4.69) is 0 Å². The number of halogens is 1. The fourth-order valence-corrected chi connectivity index (χ4v) is 5.61. The van der Waals surface area contributed by atoms with Gasteiger partial charge >= 0.3 is 11.9 Å². The lowest BCUT2D eigenvalue weighted by molar-refractivity contribution is -0.150. The molecule has 0 saturated carbocycles. The Morgan fingerprint density at radius 3 is 2.08 bits per heavy atom. The van der Waals surface area contributed by atoms with E-state index in [1.165, 1.54) is 38.5 Å². The summed E-state index contributed by atoms with van der Waals surface area (Å²) in [6.07, 6.45) is 0.257. The van der Waals surface area contributed by atoms with Gasteiger partial charge in [0.05, 0.1) is 25.7 Å². The van der Waals surface area contributed by atoms with Crippen LogP contribution in [0, 0.1) is 11.7 Å². The van der Waals surface area contributed by atoms with E-state index >= 15 is 0 Å². The van der Waals surface area contributed by atoms with Gasteiger partial charge in [0.2, 0.25) is 0 Å². The number of anilines is 1. The van der Waals surface area contributed by atoms with E-state index in [0.717, 1.165) is 5.56 Å². The van der Waals surface area contributed by atoms with Crippen LogP contribution in [0.15, 0.2) is 108 Å². The number of nitrogens with two attached hydrogens (primary N) is 1. The fourth-order valence-electron chi connectivity index (χ4n) is 5.61. The first-order valence-corrected chi connectivity index (χ1v) is 12.5. The molecule has 1 aliphatic carbocycles. The third kappa shape index (κ3) is 4.48. The number of carbonyl (C=O) groups is 3. The molecule has 5 rings (SSSR count). The number of nitrogens with zero attached hydrogens (tertiary/aromatic N) is 1. The summed E-state index contributed by atoms with van der Waals surface area (Å²) < 4.78 is 24.1. The summed E-state index contributed by atoms with van der Waals surface area (Å²) >= 11 is 0. The number of rotatable bonds is 5. The molecule has 3 aromatic carbocycles. The predicted molar refractivity (Wildman–Crippen MR) is 143 cm³/mol. The summed E-state index contributed by atoms with van der Waals surface area (Å²) in [5, 5.41) is 0. The quantitative estimate of drug-likeness (QED) is 0.384. The first kappa shape index (κ1) is 25.9. The van der Waals surface area contributed by atoms with Gasteiger partial charge in [0.15, 0.2) is 5.78 Å². The highest BCUT2D eigenvalue weighted by Gasteiger charge is 2.51. The zero-order chi connectivity index (χ0) is 27.7. The van der Waals surface area contributed by atoms with Gasteiger partial charge < -0.3 is 15.2 Å². The number of benzene rings is 3. The Balaban J connectivity index is 1.82. The molecule has 3 atom stereocenters. The van der Waals surface area contributed by atoms with Crippen molar-refractivity contribution in [2.45, 2.75) is 18.3 Å². The lowest BCUT2D eigenvalue weighted by Gasteiger charge is -2.44. The number of ether oxygens (including phenoxy) is 2. The summed E-state index contributed by atoms with van der Waals surface area (Å²) in [6, 6.07) is 23.9. The molecule has 2 aliphatic rings. The Kier molecular flexibility index (Phi) is 7.02. The summed E-state index contributed by atoms with van der Waals surface area (Å²) in [5.74, 6) is -4.96. The van der Waals surface area contributed by atoms with Crippen LogP contribution in [0.4, 0.5) is 10.1 Å². The van der Waals surface area contributed by atoms with Crippen LogP contribution >= 0.6 is 0 Å². The molecule has 8 heteroatoms. The Labute approximate surface area is 225 Å². The molecule has 0 amide bonds. The van der Waals surface area contributed by atoms with Gasteiger partial charge in [0.25, 0.3) is 0 Å². The summed E-state index contributed by atoms with van der Waals surface area (Å²) in [6.45, 7) is 0. The fraction of sp³-hybridized carbons (Fsp3) is 0.194. The Morgan fingerprint density at radius 1 is 0.872 bits per heavy atom. The molecule has 0 radical (unpaired) electrons. The van der Waals surface area contributed by atoms with E-state index in [0.29, 0.717) is 16.9 Å². The van der Waals surface area contributed by atoms with Crippen LogP contribution in [0.3, 0.4) is 0 Å². The van der Waals surface area contributed by atoms with E-state index in [4.69, 9.17) is 15.2 Å². The van der Waals surface area contributed by atoms with Gasteiger partial charge in [-0.25, -0.2) is 9.18 Å². The minimum absolute atomic E-state index is 0.0295. The van der Waals surface area contributed by atoms with Crippen molar-refractivity contribution < 1.29 is 28.2 Å². The van der Waals surface area contributed by atoms with Crippen LogP contribution in [-0.2, 0) is 23.9 Å².